The summed E-state index contributed by atoms with van der Waals surface area (Å²) in [6, 6.07) is 0. The van der Waals surface area contributed by atoms with Crippen molar-refractivity contribution in [2.24, 2.45) is 5.92 Å². The van der Waals surface area contributed by atoms with Gasteiger partial charge >= 0.3 is 39.5 Å². The number of phosphoric acid groups is 2. The SMILES string of the molecule is CCCCCCCCCCCCCCCCCCC(=O)O[C@H](COC(=O)CCCCCCCCCCCCCC(C)C)COP(=O)(O)OC[C@@H](O)COP(=O)(O)OC[C@@H](COC(=O)CCCCCCCCCCC)OC(=O)CCCCCCCCCCCCCCCC. The molecule has 0 aromatic rings. The second-order valence-corrected chi connectivity index (χ2v) is 30.1. The van der Waals surface area contributed by atoms with Gasteiger partial charge in [0.1, 0.15) is 19.3 Å². The Morgan fingerprint density at radius 1 is 0.290 bits per heavy atom. The van der Waals surface area contributed by atoms with E-state index in [0.29, 0.717) is 25.7 Å². The molecule has 0 heterocycles. The number of carbonyl (C=O) groups is 4. The average Bonchev–Trinajstić information content (AvgIpc) is 2.34. The van der Waals surface area contributed by atoms with Gasteiger partial charge in [-0.25, -0.2) is 9.13 Å². The first kappa shape index (κ1) is 91.1. The first-order chi connectivity index (χ1) is 45.0. The van der Waals surface area contributed by atoms with Crippen LogP contribution in [0.15, 0.2) is 0 Å². The number of aliphatic hydroxyl groups excluding tert-OH is 1. The quantitative estimate of drug-likeness (QED) is 0.0222. The van der Waals surface area contributed by atoms with E-state index in [1.165, 1.54) is 212 Å². The Labute approximate surface area is 568 Å². The number of phosphoric ester groups is 2. The topological polar surface area (TPSA) is 237 Å². The van der Waals surface area contributed by atoms with Gasteiger partial charge < -0.3 is 33.8 Å². The number of esters is 4. The molecule has 0 rings (SSSR count). The Hall–Kier alpha value is -1.94. The minimum atomic E-state index is -4.95. The third-order valence-corrected chi connectivity index (χ3v) is 19.2. The van der Waals surface area contributed by atoms with Crippen LogP contribution < -0.4 is 0 Å². The fourth-order valence-corrected chi connectivity index (χ4v) is 12.9. The van der Waals surface area contributed by atoms with Gasteiger partial charge in [-0.1, -0.05) is 336 Å². The zero-order chi connectivity index (χ0) is 68.4. The van der Waals surface area contributed by atoms with Gasteiger partial charge in [0, 0.05) is 25.7 Å². The van der Waals surface area contributed by atoms with Crippen LogP contribution in [0.3, 0.4) is 0 Å². The second kappa shape index (κ2) is 67.3. The van der Waals surface area contributed by atoms with Crippen molar-refractivity contribution in [1.82, 2.24) is 0 Å². The third-order valence-electron chi connectivity index (χ3n) is 17.3. The van der Waals surface area contributed by atoms with Crippen LogP contribution in [0.25, 0.3) is 0 Å². The predicted octanol–water partition coefficient (Wildman–Crippen LogP) is 21.7. The van der Waals surface area contributed by atoms with E-state index in [4.69, 9.17) is 37.0 Å². The number of aliphatic hydroxyl groups is 1. The highest BCUT2D eigenvalue weighted by Crippen LogP contribution is 2.45. The summed E-state index contributed by atoms with van der Waals surface area (Å²) in [5.74, 6) is -1.34. The number of hydrogen-bond acceptors (Lipinski definition) is 15. The average molecular weight is 1370 g/mol. The lowest BCUT2D eigenvalue weighted by atomic mass is 10.0. The molecular formula is C74H144O17P2. The predicted molar refractivity (Wildman–Crippen MR) is 377 cm³/mol. The molecule has 0 aromatic carbocycles. The van der Waals surface area contributed by atoms with Gasteiger partial charge in [-0.05, 0) is 31.6 Å². The number of ether oxygens (including phenoxy) is 4. The van der Waals surface area contributed by atoms with Gasteiger partial charge in [-0.15, -0.1) is 0 Å². The highest BCUT2D eigenvalue weighted by atomic mass is 31.2. The number of rotatable bonds is 74. The zero-order valence-electron chi connectivity index (χ0n) is 60.4. The summed E-state index contributed by atoms with van der Waals surface area (Å²) in [5, 5.41) is 10.6. The van der Waals surface area contributed by atoms with Crippen LogP contribution in [-0.4, -0.2) is 96.7 Å². The summed E-state index contributed by atoms with van der Waals surface area (Å²) in [6.45, 7) is 7.28. The molecule has 2 unspecified atom stereocenters. The van der Waals surface area contributed by atoms with Gasteiger partial charge in [0.05, 0.1) is 26.4 Å². The summed E-state index contributed by atoms with van der Waals surface area (Å²) in [5.41, 5.74) is 0. The molecule has 0 spiro atoms. The van der Waals surface area contributed by atoms with E-state index < -0.39 is 97.5 Å². The molecule has 0 radical (unpaired) electrons. The van der Waals surface area contributed by atoms with Gasteiger partial charge in [0.15, 0.2) is 12.2 Å². The van der Waals surface area contributed by atoms with Crippen LogP contribution in [0.1, 0.15) is 388 Å². The van der Waals surface area contributed by atoms with E-state index in [1.807, 2.05) is 0 Å². The highest BCUT2D eigenvalue weighted by Gasteiger charge is 2.30. The lowest BCUT2D eigenvalue weighted by molar-refractivity contribution is -0.161. The molecule has 3 N–H and O–H groups in total. The van der Waals surface area contributed by atoms with E-state index >= 15 is 0 Å². The largest absolute Gasteiger partial charge is 0.472 e. The van der Waals surface area contributed by atoms with Crippen LogP contribution in [0, 0.1) is 5.92 Å². The first-order valence-corrected chi connectivity index (χ1v) is 41.6. The van der Waals surface area contributed by atoms with Crippen molar-refractivity contribution < 1.29 is 80.2 Å². The molecule has 0 saturated carbocycles. The minimum Gasteiger partial charge on any atom is -0.462 e. The maximum Gasteiger partial charge on any atom is 0.472 e. The van der Waals surface area contributed by atoms with E-state index in [2.05, 4.69) is 34.6 Å². The fraction of sp³-hybridized carbons (Fsp3) is 0.946. The Kier molecular flexibility index (Phi) is 65.9. The van der Waals surface area contributed by atoms with E-state index in [1.54, 1.807) is 0 Å². The van der Waals surface area contributed by atoms with Crippen molar-refractivity contribution in [2.75, 3.05) is 39.6 Å². The molecule has 0 amide bonds. The molecule has 93 heavy (non-hydrogen) atoms. The summed E-state index contributed by atoms with van der Waals surface area (Å²) in [4.78, 5) is 72.7. The van der Waals surface area contributed by atoms with Gasteiger partial charge in [-0.3, -0.25) is 37.3 Å². The number of unbranched alkanes of at least 4 members (excludes halogenated alkanes) is 46. The maximum absolute atomic E-state index is 13.1. The molecular weight excluding hydrogens is 1220 g/mol. The molecule has 0 fully saturated rings. The van der Waals surface area contributed by atoms with Crippen LogP contribution in [0.5, 0.6) is 0 Å². The zero-order valence-corrected chi connectivity index (χ0v) is 62.2. The lowest BCUT2D eigenvalue weighted by Gasteiger charge is -2.21. The first-order valence-electron chi connectivity index (χ1n) is 38.6. The summed E-state index contributed by atoms with van der Waals surface area (Å²) in [7, 11) is -9.90. The molecule has 0 aliphatic carbocycles. The lowest BCUT2D eigenvalue weighted by Crippen LogP contribution is -2.30. The standard InChI is InChI=1S/C74H144O17P2/c1-6-9-12-15-18-21-23-25-27-28-30-34-40-45-50-55-60-74(79)91-70(64-85-72(77)58-53-48-43-38-35-31-32-37-41-46-51-56-67(4)5)66-89-93(82,83)87-62-68(75)61-86-92(80,81)88-65-69(63-84-71(76)57-52-47-42-36-20-17-14-11-8-3)90-73(78)59-54-49-44-39-33-29-26-24-22-19-16-13-10-7-2/h67-70,75H,6-66H2,1-5H3,(H,80,81)(H,82,83)/t68-,69+,70+/m0/s1. The Balaban J connectivity index is 5.23. The Morgan fingerprint density at radius 3 is 0.731 bits per heavy atom. The second-order valence-electron chi connectivity index (χ2n) is 27.2. The van der Waals surface area contributed by atoms with Crippen molar-refractivity contribution in [3.63, 3.8) is 0 Å². The van der Waals surface area contributed by atoms with Crippen molar-refractivity contribution in [1.29, 1.82) is 0 Å². The molecule has 0 aromatic heterocycles. The summed E-state index contributed by atoms with van der Waals surface area (Å²) in [6.07, 6.45) is 55.3. The fourth-order valence-electron chi connectivity index (χ4n) is 11.4. The van der Waals surface area contributed by atoms with E-state index in [9.17, 15) is 43.2 Å². The number of carbonyl (C=O) groups excluding carboxylic acids is 4. The normalized spacial score (nSPS) is 14.0. The van der Waals surface area contributed by atoms with Crippen molar-refractivity contribution in [3.8, 4) is 0 Å². The Morgan fingerprint density at radius 2 is 0.495 bits per heavy atom. The molecule has 0 bridgehead atoms. The highest BCUT2D eigenvalue weighted by molar-refractivity contribution is 7.47. The van der Waals surface area contributed by atoms with E-state index in [0.717, 1.165) is 95.8 Å². The molecule has 0 aliphatic heterocycles. The third kappa shape index (κ3) is 68.4. The van der Waals surface area contributed by atoms with E-state index in [-0.39, 0.29) is 25.7 Å². The van der Waals surface area contributed by atoms with Crippen LogP contribution in [0.4, 0.5) is 0 Å². The summed E-state index contributed by atoms with van der Waals surface area (Å²) >= 11 is 0. The van der Waals surface area contributed by atoms with Crippen molar-refractivity contribution in [3.05, 3.63) is 0 Å². The van der Waals surface area contributed by atoms with Gasteiger partial charge in [-0.2, -0.15) is 0 Å². The molecule has 0 aliphatic rings. The van der Waals surface area contributed by atoms with Crippen molar-refractivity contribution in [2.45, 2.75) is 406 Å². The maximum atomic E-state index is 13.1. The van der Waals surface area contributed by atoms with Gasteiger partial charge in [0.2, 0.25) is 0 Å². The monoisotopic (exact) mass is 1370 g/mol. The number of hydrogen-bond donors (Lipinski definition) is 3. The smallest absolute Gasteiger partial charge is 0.462 e. The molecule has 17 nitrogen and oxygen atoms in total. The molecule has 552 valence electrons. The van der Waals surface area contributed by atoms with Crippen LogP contribution >= 0.6 is 15.6 Å². The van der Waals surface area contributed by atoms with Gasteiger partial charge in [0.25, 0.3) is 0 Å². The molecule has 19 heteroatoms. The van der Waals surface area contributed by atoms with Crippen molar-refractivity contribution >= 4 is 39.5 Å². The minimum absolute atomic E-state index is 0.108. The summed E-state index contributed by atoms with van der Waals surface area (Å²) < 4.78 is 68.4. The van der Waals surface area contributed by atoms with Crippen LogP contribution in [-0.2, 0) is 65.4 Å². The van der Waals surface area contributed by atoms with Crippen LogP contribution in [0.2, 0.25) is 0 Å². The Bertz CT molecular complexity index is 1790. The molecule has 5 atom stereocenters. The molecule has 0 saturated heterocycles.